The standard InChI is InChI=1S/C21H23N7O/c1-2-27-17-6-4-10-23-20(17)28(21(27)29)13-15-7-11-26(12-8-15)19-16-5-3-9-22-18(16)24-14-25-19/h3-6,9-10,14-15H,2,7-8,11-13H2,1H3. The van der Waals surface area contributed by atoms with Crippen molar-refractivity contribution in [2.24, 2.45) is 5.92 Å². The lowest BCUT2D eigenvalue weighted by Gasteiger charge is -2.33. The van der Waals surface area contributed by atoms with E-state index >= 15 is 0 Å². The lowest BCUT2D eigenvalue weighted by atomic mass is 9.96. The highest BCUT2D eigenvalue weighted by Gasteiger charge is 2.24. The quantitative estimate of drug-likeness (QED) is 0.533. The molecule has 8 nitrogen and oxygen atoms in total. The monoisotopic (exact) mass is 389 g/mol. The average Bonchev–Trinajstić information content (AvgIpc) is 3.05. The normalized spacial score (nSPS) is 15.4. The van der Waals surface area contributed by atoms with Gasteiger partial charge in [0.15, 0.2) is 11.3 Å². The highest BCUT2D eigenvalue weighted by Crippen LogP contribution is 2.27. The molecular weight excluding hydrogens is 366 g/mol. The number of piperidine rings is 1. The Kier molecular flexibility index (Phi) is 4.46. The number of hydrogen-bond donors (Lipinski definition) is 0. The molecule has 1 aliphatic rings. The van der Waals surface area contributed by atoms with Crippen LogP contribution in [0, 0.1) is 5.92 Å². The fraction of sp³-hybridized carbons (Fsp3) is 0.381. The minimum Gasteiger partial charge on any atom is -0.356 e. The van der Waals surface area contributed by atoms with Crippen LogP contribution in [0.15, 0.2) is 47.8 Å². The lowest BCUT2D eigenvalue weighted by molar-refractivity contribution is 0.354. The van der Waals surface area contributed by atoms with Crippen molar-refractivity contribution < 1.29 is 0 Å². The first kappa shape index (κ1) is 17.8. The summed E-state index contributed by atoms with van der Waals surface area (Å²) in [5, 5.41) is 0.986. The van der Waals surface area contributed by atoms with Crippen molar-refractivity contribution in [3.63, 3.8) is 0 Å². The smallest absolute Gasteiger partial charge is 0.330 e. The summed E-state index contributed by atoms with van der Waals surface area (Å²) < 4.78 is 3.65. The van der Waals surface area contributed by atoms with Gasteiger partial charge in [0.05, 0.1) is 10.9 Å². The van der Waals surface area contributed by atoms with E-state index in [1.54, 1.807) is 23.3 Å². The first-order chi connectivity index (χ1) is 14.3. The van der Waals surface area contributed by atoms with E-state index in [1.165, 1.54) is 0 Å². The molecule has 0 unspecified atom stereocenters. The summed E-state index contributed by atoms with van der Waals surface area (Å²) in [4.78, 5) is 32.8. The second-order valence-corrected chi connectivity index (χ2v) is 7.49. The summed E-state index contributed by atoms with van der Waals surface area (Å²) in [6.45, 7) is 5.17. The molecule has 4 aromatic rings. The van der Waals surface area contributed by atoms with Gasteiger partial charge in [-0.25, -0.2) is 24.7 Å². The molecule has 1 fully saturated rings. The number of fused-ring (bicyclic) bond motifs is 2. The van der Waals surface area contributed by atoms with Crippen molar-refractivity contribution in [3.05, 3.63) is 53.5 Å². The maximum absolute atomic E-state index is 12.9. The van der Waals surface area contributed by atoms with E-state index in [-0.39, 0.29) is 5.69 Å². The van der Waals surface area contributed by atoms with Crippen LogP contribution in [-0.2, 0) is 13.1 Å². The topological polar surface area (TPSA) is 81.7 Å². The van der Waals surface area contributed by atoms with Gasteiger partial charge in [0.2, 0.25) is 0 Å². The Morgan fingerprint density at radius 3 is 2.62 bits per heavy atom. The number of aromatic nitrogens is 6. The summed E-state index contributed by atoms with van der Waals surface area (Å²) in [5.41, 5.74) is 2.47. The molecule has 4 aromatic heterocycles. The first-order valence-electron chi connectivity index (χ1n) is 10.1. The van der Waals surface area contributed by atoms with E-state index in [1.807, 2.05) is 35.8 Å². The van der Waals surface area contributed by atoms with Crippen LogP contribution in [0.3, 0.4) is 0 Å². The van der Waals surface area contributed by atoms with Crippen molar-refractivity contribution in [1.29, 1.82) is 0 Å². The van der Waals surface area contributed by atoms with Crippen molar-refractivity contribution in [2.45, 2.75) is 32.9 Å². The van der Waals surface area contributed by atoms with Gasteiger partial charge in [0, 0.05) is 38.6 Å². The largest absolute Gasteiger partial charge is 0.356 e. The molecule has 0 aromatic carbocycles. The maximum atomic E-state index is 12.9. The molecule has 5 rings (SSSR count). The van der Waals surface area contributed by atoms with Gasteiger partial charge < -0.3 is 4.90 Å². The lowest BCUT2D eigenvalue weighted by Crippen LogP contribution is -2.37. The van der Waals surface area contributed by atoms with Gasteiger partial charge in [-0.3, -0.25) is 9.13 Å². The Hall–Kier alpha value is -3.29. The third-order valence-electron chi connectivity index (χ3n) is 5.83. The molecule has 0 saturated carbocycles. The molecule has 0 atom stereocenters. The fourth-order valence-electron chi connectivity index (χ4n) is 4.34. The summed E-state index contributed by atoms with van der Waals surface area (Å²) in [6.07, 6.45) is 7.11. The second kappa shape index (κ2) is 7.27. The maximum Gasteiger partial charge on any atom is 0.330 e. The second-order valence-electron chi connectivity index (χ2n) is 7.49. The number of hydrogen-bond acceptors (Lipinski definition) is 6. The van der Waals surface area contributed by atoms with Crippen LogP contribution in [0.4, 0.5) is 5.82 Å². The van der Waals surface area contributed by atoms with Gasteiger partial charge >= 0.3 is 5.69 Å². The van der Waals surface area contributed by atoms with Crippen LogP contribution in [0.1, 0.15) is 19.8 Å². The number of rotatable bonds is 4. The van der Waals surface area contributed by atoms with E-state index < -0.39 is 0 Å². The van der Waals surface area contributed by atoms with Crippen molar-refractivity contribution in [1.82, 2.24) is 29.1 Å². The van der Waals surface area contributed by atoms with E-state index in [2.05, 4.69) is 24.8 Å². The minimum absolute atomic E-state index is 0.0384. The van der Waals surface area contributed by atoms with Gasteiger partial charge in [-0.2, -0.15) is 0 Å². The molecule has 1 saturated heterocycles. The number of anilines is 1. The fourth-order valence-corrected chi connectivity index (χ4v) is 4.34. The molecule has 148 valence electrons. The SMILES string of the molecule is CCn1c(=O)n(CC2CCN(c3ncnc4ncccc34)CC2)c2ncccc21. The van der Waals surface area contributed by atoms with Crippen molar-refractivity contribution >= 4 is 28.0 Å². The third-order valence-corrected chi connectivity index (χ3v) is 5.83. The van der Waals surface area contributed by atoms with Gasteiger partial charge in [-0.1, -0.05) is 0 Å². The van der Waals surface area contributed by atoms with Gasteiger partial charge in [-0.15, -0.1) is 0 Å². The molecule has 0 spiro atoms. The molecular formula is C21H23N7O. The van der Waals surface area contributed by atoms with Gasteiger partial charge in [-0.05, 0) is 49.9 Å². The zero-order valence-electron chi connectivity index (χ0n) is 16.4. The van der Waals surface area contributed by atoms with E-state index in [4.69, 9.17) is 0 Å². The number of aryl methyl sites for hydroxylation is 1. The molecule has 0 aliphatic carbocycles. The summed E-state index contributed by atoms with van der Waals surface area (Å²) in [6, 6.07) is 7.80. The molecule has 29 heavy (non-hydrogen) atoms. The molecule has 0 amide bonds. The Morgan fingerprint density at radius 2 is 1.79 bits per heavy atom. The minimum atomic E-state index is 0.0384. The van der Waals surface area contributed by atoms with Crippen molar-refractivity contribution in [2.75, 3.05) is 18.0 Å². The Morgan fingerprint density at radius 1 is 1.00 bits per heavy atom. The molecule has 1 aliphatic heterocycles. The number of nitrogens with zero attached hydrogens (tertiary/aromatic N) is 7. The van der Waals surface area contributed by atoms with Crippen LogP contribution >= 0.6 is 0 Å². The van der Waals surface area contributed by atoms with E-state index in [9.17, 15) is 4.79 Å². The van der Waals surface area contributed by atoms with Crippen molar-refractivity contribution in [3.8, 4) is 0 Å². The summed E-state index contributed by atoms with van der Waals surface area (Å²) in [5.74, 6) is 1.39. The average molecular weight is 389 g/mol. The third kappa shape index (κ3) is 3.04. The molecule has 0 bridgehead atoms. The number of pyridine rings is 2. The van der Waals surface area contributed by atoms with E-state index in [0.717, 1.165) is 53.9 Å². The highest BCUT2D eigenvalue weighted by atomic mass is 16.1. The predicted molar refractivity (Wildman–Crippen MR) is 112 cm³/mol. The molecule has 0 radical (unpaired) electrons. The van der Waals surface area contributed by atoms with Crippen LogP contribution in [0.2, 0.25) is 0 Å². The zero-order valence-corrected chi connectivity index (χ0v) is 16.4. The molecule has 5 heterocycles. The van der Waals surface area contributed by atoms with Crippen LogP contribution in [0.25, 0.3) is 22.2 Å². The summed E-state index contributed by atoms with van der Waals surface area (Å²) in [7, 11) is 0. The number of imidazole rings is 1. The van der Waals surface area contributed by atoms with Gasteiger partial charge in [0.1, 0.15) is 12.1 Å². The summed E-state index contributed by atoms with van der Waals surface area (Å²) >= 11 is 0. The van der Waals surface area contributed by atoms with Crippen LogP contribution in [-0.4, -0.2) is 42.2 Å². The Balaban J connectivity index is 1.36. The first-order valence-corrected chi connectivity index (χ1v) is 10.1. The zero-order chi connectivity index (χ0) is 19.8. The van der Waals surface area contributed by atoms with Crippen LogP contribution < -0.4 is 10.6 Å². The molecule has 8 heteroatoms. The Labute approximate surface area is 167 Å². The highest BCUT2D eigenvalue weighted by molar-refractivity contribution is 5.86. The van der Waals surface area contributed by atoms with Gasteiger partial charge in [0.25, 0.3) is 0 Å². The van der Waals surface area contributed by atoms with E-state index in [0.29, 0.717) is 19.0 Å². The Bertz CT molecular complexity index is 1220. The molecule has 0 N–H and O–H groups in total. The van der Waals surface area contributed by atoms with Crippen LogP contribution in [0.5, 0.6) is 0 Å². The predicted octanol–water partition coefficient (Wildman–Crippen LogP) is 2.47.